The lowest BCUT2D eigenvalue weighted by atomic mass is 10.2. The van der Waals surface area contributed by atoms with Gasteiger partial charge >= 0.3 is 11.7 Å². The number of ether oxygens (including phenoxy) is 2. The van der Waals surface area contributed by atoms with Crippen LogP contribution in [0.15, 0.2) is 15.8 Å². The van der Waals surface area contributed by atoms with Crippen molar-refractivity contribution in [2.24, 2.45) is 5.73 Å². The van der Waals surface area contributed by atoms with Crippen LogP contribution in [-0.2, 0) is 20.8 Å². The van der Waals surface area contributed by atoms with Crippen molar-refractivity contribution in [2.45, 2.75) is 39.3 Å². The molecule has 1 unspecified atom stereocenters. The molecule has 0 bridgehead atoms. The molecule has 1 aromatic heterocycles. The highest BCUT2D eigenvalue weighted by molar-refractivity contribution is 5.71. The van der Waals surface area contributed by atoms with Crippen LogP contribution in [0.3, 0.4) is 0 Å². The summed E-state index contributed by atoms with van der Waals surface area (Å²) >= 11 is 0. The second kappa shape index (κ2) is 12.1. The Kier molecular flexibility index (Phi) is 10.9. The summed E-state index contributed by atoms with van der Waals surface area (Å²) in [7, 11) is 1.46. The zero-order chi connectivity index (χ0) is 18.5. The second-order valence-corrected chi connectivity index (χ2v) is 4.88. The summed E-state index contributed by atoms with van der Waals surface area (Å²) in [6, 6.07) is 0. The van der Waals surface area contributed by atoms with Gasteiger partial charge in [-0.25, -0.2) is 4.79 Å². The number of nitrogens with zero attached hydrogens (tertiary/aromatic N) is 1. The molecule has 1 heterocycles. The fourth-order valence-corrected chi connectivity index (χ4v) is 1.58. The number of hydrogen-bond donors (Lipinski definition) is 2. The second-order valence-electron chi connectivity index (χ2n) is 4.88. The normalized spacial score (nSPS) is 11.0. The van der Waals surface area contributed by atoms with E-state index in [4.69, 9.17) is 21.6 Å². The lowest BCUT2D eigenvalue weighted by molar-refractivity contribution is -0.145. The third kappa shape index (κ3) is 7.76. The standard InChI is InChI=1S/C13H17N3O5.C3H8/c1-3-9-7-16(13(19)15-12(9)18)5-4-10(20-2)8-21-11(17)6-14;1-3-2/h1,7,10H,4-6,8,14H2,2H3,(H,15,18,19);3H2,1-2H3. The summed E-state index contributed by atoms with van der Waals surface area (Å²) in [5, 5.41) is 0. The van der Waals surface area contributed by atoms with Crippen LogP contribution in [0, 0.1) is 12.3 Å². The fraction of sp³-hybridized carbons (Fsp3) is 0.562. The van der Waals surface area contributed by atoms with E-state index in [2.05, 4.69) is 24.8 Å². The van der Waals surface area contributed by atoms with E-state index in [0.717, 1.165) is 0 Å². The summed E-state index contributed by atoms with van der Waals surface area (Å²) in [6.07, 6.45) is 7.72. The number of terminal acetylenes is 1. The molecule has 0 aromatic carbocycles. The maximum atomic E-state index is 11.6. The number of aryl methyl sites for hydroxylation is 1. The average molecular weight is 339 g/mol. The molecule has 0 spiro atoms. The van der Waals surface area contributed by atoms with Gasteiger partial charge in [0.25, 0.3) is 5.56 Å². The van der Waals surface area contributed by atoms with E-state index in [9.17, 15) is 14.4 Å². The highest BCUT2D eigenvalue weighted by Gasteiger charge is 2.12. The topological polar surface area (TPSA) is 116 Å². The number of rotatable bonds is 7. The first-order chi connectivity index (χ1) is 11.4. The van der Waals surface area contributed by atoms with E-state index in [0.29, 0.717) is 6.42 Å². The molecule has 0 radical (unpaired) electrons. The third-order valence-electron chi connectivity index (χ3n) is 2.79. The Morgan fingerprint density at radius 1 is 1.46 bits per heavy atom. The Morgan fingerprint density at radius 3 is 2.58 bits per heavy atom. The SMILES string of the molecule is C#Cc1cn(CCC(COC(=O)CN)OC)c(=O)[nH]c1=O.CCC. The number of H-pyrrole nitrogens is 1. The third-order valence-corrected chi connectivity index (χ3v) is 2.79. The monoisotopic (exact) mass is 339 g/mol. The number of nitrogens with one attached hydrogen (secondary N) is 1. The minimum absolute atomic E-state index is 0.0344. The van der Waals surface area contributed by atoms with Gasteiger partial charge in [-0.2, -0.15) is 0 Å². The molecule has 3 N–H and O–H groups in total. The van der Waals surface area contributed by atoms with E-state index in [1.165, 1.54) is 24.3 Å². The number of aromatic nitrogens is 2. The van der Waals surface area contributed by atoms with Gasteiger partial charge in [-0.05, 0) is 6.42 Å². The molecule has 0 amide bonds. The van der Waals surface area contributed by atoms with Gasteiger partial charge in [-0.3, -0.25) is 19.1 Å². The van der Waals surface area contributed by atoms with E-state index >= 15 is 0 Å². The highest BCUT2D eigenvalue weighted by atomic mass is 16.6. The molecule has 134 valence electrons. The molecule has 1 aromatic rings. The Hall–Kier alpha value is -2.37. The van der Waals surface area contributed by atoms with Crippen LogP contribution in [0.5, 0.6) is 0 Å². The van der Waals surface area contributed by atoms with Crippen molar-refractivity contribution < 1.29 is 14.3 Å². The van der Waals surface area contributed by atoms with Crippen molar-refractivity contribution in [2.75, 3.05) is 20.3 Å². The van der Waals surface area contributed by atoms with Crippen LogP contribution in [0.4, 0.5) is 0 Å². The Bertz CT molecular complexity index is 657. The van der Waals surface area contributed by atoms with E-state index in [1.807, 2.05) is 0 Å². The van der Waals surface area contributed by atoms with Gasteiger partial charge in [-0.1, -0.05) is 26.2 Å². The smallest absolute Gasteiger partial charge is 0.328 e. The number of esters is 1. The fourth-order valence-electron chi connectivity index (χ4n) is 1.58. The predicted molar refractivity (Wildman–Crippen MR) is 90.7 cm³/mol. The van der Waals surface area contributed by atoms with Gasteiger partial charge in [0, 0.05) is 19.9 Å². The van der Waals surface area contributed by atoms with Crippen LogP contribution in [0.1, 0.15) is 32.3 Å². The van der Waals surface area contributed by atoms with Crippen LogP contribution < -0.4 is 17.0 Å². The molecule has 8 heteroatoms. The van der Waals surface area contributed by atoms with Crippen molar-refractivity contribution in [3.05, 3.63) is 32.6 Å². The van der Waals surface area contributed by atoms with Crippen LogP contribution in [0.2, 0.25) is 0 Å². The first-order valence-corrected chi connectivity index (χ1v) is 7.62. The quantitative estimate of drug-likeness (QED) is 0.527. The molecule has 0 aliphatic rings. The lowest BCUT2D eigenvalue weighted by Gasteiger charge is -2.15. The molecule has 0 aliphatic heterocycles. The molecule has 1 atom stereocenters. The summed E-state index contributed by atoms with van der Waals surface area (Å²) in [6.45, 7) is 4.33. The van der Waals surface area contributed by atoms with Crippen molar-refractivity contribution in [3.63, 3.8) is 0 Å². The van der Waals surface area contributed by atoms with Gasteiger partial charge < -0.3 is 15.2 Å². The van der Waals surface area contributed by atoms with Gasteiger partial charge in [-0.15, -0.1) is 6.42 Å². The van der Waals surface area contributed by atoms with E-state index in [1.54, 1.807) is 0 Å². The minimum Gasteiger partial charge on any atom is -0.462 e. The molecule has 0 fully saturated rings. The lowest BCUT2D eigenvalue weighted by Crippen LogP contribution is -2.33. The average Bonchev–Trinajstić information content (AvgIpc) is 2.56. The van der Waals surface area contributed by atoms with E-state index < -0.39 is 23.3 Å². The first kappa shape index (κ1) is 21.6. The Labute approximate surface area is 141 Å². The first-order valence-electron chi connectivity index (χ1n) is 7.62. The molecule has 0 saturated carbocycles. The number of aromatic amines is 1. The number of hydrogen-bond acceptors (Lipinski definition) is 6. The maximum Gasteiger partial charge on any atom is 0.328 e. The summed E-state index contributed by atoms with van der Waals surface area (Å²) < 4.78 is 11.3. The van der Waals surface area contributed by atoms with Crippen molar-refractivity contribution in [3.8, 4) is 12.3 Å². The van der Waals surface area contributed by atoms with E-state index in [-0.39, 0.29) is 25.3 Å². The number of nitrogens with two attached hydrogens (primary N) is 1. The van der Waals surface area contributed by atoms with Crippen molar-refractivity contribution in [1.29, 1.82) is 0 Å². The number of carbonyl (C=O) groups is 1. The summed E-state index contributed by atoms with van der Waals surface area (Å²) in [4.78, 5) is 36.0. The predicted octanol–water partition coefficient (Wildman–Crippen LogP) is -0.159. The van der Waals surface area contributed by atoms with Crippen molar-refractivity contribution >= 4 is 5.97 Å². The van der Waals surface area contributed by atoms with Gasteiger partial charge in [0.15, 0.2) is 0 Å². The number of methoxy groups -OCH3 is 1. The van der Waals surface area contributed by atoms with Gasteiger partial charge in [0.05, 0.1) is 12.6 Å². The summed E-state index contributed by atoms with van der Waals surface area (Å²) in [5.41, 5.74) is 4.02. The molecule has 0 saturated heterocycles. The van der Waals surface area contributed by atoms with Gasteiger partial charge in [0.2, 0.25) is 0 Å². The molecule has 8 nitrogen and oxygen atoms in total. The zero-order valence-corrected chi connectivity index (χ0v) is 14.3. The minimum atomic E-state index is -0.598. The Morgan fingerprint density at radius 2 is 2.08 bits per heavy atom. The molecule has 1 rings (SSSR count). The maximum absolute atomic E-state index is 11.6. The highest BCUT2D eigenvalue weighted by Crippen LogP contribution is 2.01. The molecule has 24 heavy (non-hydrogen) atoms. The zero-order valence-electron chi connectivity index (χ0n) is 14.3. The summed E-state index contributed by atoms with van der Waals surface area (Å²) in [5.74, 6) is 1.66. The Balaban J connectivity index is 0.00000163. The molecular formula is C16H25N3O5. The number of carbonyl (C=O) groups excluding carboxylic acids is 1. The molecule has 0 aliphatic carbocycles. The van der Waals surface area contributed by atoms with Crippen LogP contribution >= 0.6 is 0 Å². The van der Waals surface area contributed by atoms with Gasteiger partial charge in [0.1, 0.15) is 12.2 Å². The van der Waals surface area contributed by atoms with Crippen molar-refractivity contribution in [1.82, 2.24) is 9.55 Å². The largest absolute Gasteiger partial charge is 0.462 e. The molecular weight excluding hydrogens is 314 g/mol. The van der Waals surface area contributed by atoms with Crippen LogP contribution in [-0.4, -0.2) is 41.9 Å². The van der Waals surface area contributed by atoms with Crippen LogP contribution in [0.25, 0.3) is 0 Å².